The number of rotatable bonds is 5. The molecule has 0 amide bonds. The van der Waals surface area contributed by atoms with Crippen molar-refractivity contribution < 1.29 is 0 Å². The second kappa shape index (κ2) is 12.4. The molecule has 0 spiro atoms. The molecule has 0 aliphatic carbocycles. The molecular weight excluding hydrogens is 605 g/mol. The SMILES string of the molecule is C=C1C=C(c2cccc(-c3ccccc3)c2)N=C(c2ccccc2)C=C1c1ccc(-c2nc3ccccc3c3c2ccc2ccccc23)cc1. The lowest BCUT2D eigenvalue weighted by Gasteiger charge is -2.14. The Hall–Kier alpha value is -6.64. The third kappa shape index (κ3) is 5.34. The van der Waals surface area contributed by atoms with Crippen molar-refractivity contribution in [2.75, 3.05) is 0 Å². The van der Waals surface area contributed by atoms with Gasteiger partial charge in [-0.25, -0.2) is 9.98 Å². The first-order valence-electron chi connectivity index (χ1n) is 16.9. The van der Waals surface area contributed by atoms with Crippen LogP contribution in [-0.4, -0.2) is 10.7 Å². The molecule has 1 aromatic heterocycles. The first-order chi connectivity index (χ1) is 24.7. The number of allylic oxidation sites excluding steroid dienone is 4. The molecule has 0 unspecified atom stereocenters. The number of fused-ring (bicyclic) bond motifs is 5. The highest BCUT2D eigenvalue weighted by atomic mass is 14.8. The summed E-state index contributed by atoms with van der Waals surface area (Å²) in [7, 11) is 0. The number of aromatic nitrogens is 1. The Kier molecular flexibility index (Phi) is 7.33. The van der Waals surface area contributed by atoms with E-state index >= 15 is 0 Å². The van der Waals surface area contributed by atoms with Gasteiger partial charge in [-0.2, -0.15) is 0 Å². The summed E-state index contributed by atoms with van der Waals surface area (Å²) in [6.45, 7) is 4.57. The molecule has 2 heterocycles. The highest BCUT2D eigenvalue weighted by Gasteiger charge is 2.17. The van der Waals surface area contributed by atoms with E-state index in [0.29, 0.717) is 0 Å². The molecule has 1 aliphatic rings. The van der Waals surface area contributed by atoms with Crippen LogP contribution in [0.2, 0.25) is 0 Å². The molecule has 0 radical (unpaired) electrons. The number of pyridine rings is 1. The van der Waals surface area contributed by atoms with Gasteiger partial charge in [-0.3, -0.25) is 0 Å². The highest BCUT2D eigenvalue weighted by Crippen LogP contribution is 2.38. The third-order valence-corrected chi connectivity index (χ3v) is 9.57. The van der Waals surface area contributed by atoms with Crippen molar-refractivity contribution >= 4 is 49.4 Å². The Balaban J connectivity index is 1.15. The fourth-order valence-corrected chi connectivity index (χ4v) is 7.08. The lowest BCUT2D eigenvalue weighted by atomic mass is 9.92. The van der Waals surface area contributed by atoms with Crippen molar-refractivity contribution in [3.05, 3.63) is 211 Å². The standard InChI is InChI=1S/C48H32N2/c1-32-29-45(39-19-12-18-38(30-39)33-13-4-2-5-14-33)49-46(36-16-6-3-7-17-36)31-43(32)35-23-25-37(26-24-35)48-42-28-27-34-15-8-9-20-40(34)47(42)41-21-10-11-22-44(41)50-48/h2-31H,1H2. The van der Waals surface area contributed by atoms with Gasteiger partial charge in [0.1, 0.15) is 0 Å². The smallest absolute Gasteiger partial charge is 0.0788 e. The van der Waals surface area contributed by atoms with Gasteiger partial charge in [0.2, 0.25) is 0 Å². The molecule has 9 rings (SSSR count). The number of hydrogen-bond donors (Lipinski definition) is 0. The molecule has 0 saturated carbocycles. The van der Waals surface area contributed by atoms with E-state index in [1.807, 2.05) is 12.1 Å². The summed E-state index contributed by atoms with van der Waals surface area (Å²) >= 11 is 0. The van der Waals surface area contributed by atoms with E-state index < -0.39 is 0 Å². The zero-order valence-corrected chi connectivity index (χ0v) is 27.4. The van der Waals surface area contributed by atoms with Gasteiger partial charge in [0.25, 0.3) is 0 Å². The van der Waals surface area contributed by atoms with Crippen LogP contribution in [0.3, 0.4) is 0 Å². The van der Waals surface area contributed by atoms with E-state index in [0.717, 1.165) is 67.0 Å². The Morgan fingerprint density at radius 3 is 1.86 bits per heavy atom. The van der Waals surface area contributed by atoms with Gasteiger partial charge in [-0.15, -0.1) is 0 Å². The van der Waals surface area contributed by atoms with Crippen molar-refractivity contribution in [1.29, 1.82) is 0 Å². The topological polar surface area (TPSA) is 25.2 Å². The zero-order chi connectivity index (χ0) is 33.4. The highest BCUT2D eigenvalue weighted by molar-refractivity contribution is 6.22. The van der Waals surface area contributed by atoms with Gasteiger partial charge in [0, 0.05) is 32.8 Å². The molecule has 2 nitrogen and oxygen atoms in total. The monoisotopic (exact) mass is 636 g/mol. The molecule has 7 aromatic carbocycles. The van der Waals surface area contributed by atoms with Gasteiger partial charge >= 0.3 is 0 Å². The number of nitrogens with zero attached hydrogens (tertiary/aromatic N) is 2. The molecular formula is C48H32N2. The minimum Gasteiger partial charge on any atom is -0.248 e. The van der Waals surface area contributed by atoms with Gasteiger partial charge < -0.3 is 0 Å². The second-order valence-electron chi connectivity index (χ2n) is 12.7. The zero-order valence-electron chi connectivity index (χ0n) is 27.4. The number of para-hydroxylation sites is 1. The summed E-state index contributed by atoms with van der Waals surface area (Å²) in [4.78, 5) is 10.5. The average Bonchev–Trinajstić information content (AvgIpc) is 3.37. The van der Waals surface area contributed by atoms with Crippen molar-refractivity contribution in [3.63, 3.8) is 0 Å². The molecule has 234 valence electrons. The summed E-state index contributed by atoms with van der Waals surface area (Å²) in [5, 5.41) is 6.03. The van der Waals surface area contributed by atoms with Crippen LogP contribution in [0.25, 0.3) is 66.1 Å². The van der Waals surface area contributed by atoms with Crippen molar-refractivity contribution in [1.82, 2.24) is 4.98 Å². The summed E-state index contributed by atoms with van der Waals surface area (Å²) in [5.41, 5.74) is 12.3. The lowest BCUT2D eigenvalue weighted by molar-refractivity contribution is 1.42. The molecule has 0 atom stereocenters. The Morgan fingerprint density at radius 1 is 0.420 bits per heavy atom. The van der Waals surface area contributed by atoms with Crippen molar-refractivity contribution in [2.45, 2.75) is 0 Å². The molecule has 0 N–H and O–H groups in total. The summed E-state index contributed by atoms with van der Waals surface area (Å²) in [6.07, 6.45) is 4.29. The first kappa shape index (κ1) is 29.5. The minimum atomic E-state index is 0.883. The third-order valence-electron chi connectivity index (χ3n) is 9.57. The number of benzene rings is 7. The molecule has 0 saturated heterocycles. The van der Waals surface area contributed by atoms with Gasteiger partial charge in [0.05, 0.1) is 22.6 Å². The molecule has 0 bridgehead atoms. The van der Waals surface area contributed by atoms with E-state index in [4.69, 9.17) is 9.98 Å². The largest absolute Gasteiger partial charge is 0.248 e. The maximum Gasteiger partial charge on any atom is 0.0788 e. The van der Waals surface area contributed by atoms with Crippen LogP contribution in [0, 0.1) is 0 Å². The van der Waals surface area contributed by atoms with Gasteiger partial charge in [-0.05, 0) is 62.9 Å². The lowest BCUT2D eigenvalue weighted by Crippen LogP contribution is -1.98. The van der Waals surface area contributed by atoms with E-state index in [1.54, 1.807) is 0 Å². The maximum atomic E-state index is 5.26. The quantitative estimate of drug-likeness (QED) is 0.173. The second-order valence-corrected chi connectivity index (χ2v) is 12.7. The van der Waals surface area contributed by atoms with E-state index in [-0.39, 0.29) is 0 Å². The van der Waals surface area contributed by atoms with Crippen LogP contribution in [0.1, 0.15) is 16.7 Å². The molecule has 2 heteroatoms. The Labute approximate surface area is 291 Å². The maximum absolute atomic E-state index is 5.26. The van der Waals surface area contributed by atoms with Crippen LogP contribution in [0.5, 0.6) is 0 Å². The van der Waals surface area contributed by atoms with E-state index in [9.17, 15) is 0 Å². The number of hydrogen-bond acceptors (Lipinski definition) is 2. The normalized spacial score (nSPS) is 13.2. The minimum absolute atomic E-state index is 0.883. The fourth-order valence-electron chi connectivity index (χ4n) is 7.08. The molecule has 1 aliphatic heterocycles. The molecule has 50 heavy (non-hydrogen) atoms. The number of aliphatic imine (C=N–C) groups is 1. The van der Waals surface area contributed by atoms with Gasteiger partial charge in [-0.1, -0.05) is 164 Å². The van der Waals surface area contributed by atoms with Crippen molar-refractivity contribution in [2.24, 2.45) is 4.99 Å². The van der Waals surface area contributed by atoms with Crippen LogP contribution in [0.4, 0.5) is 0 Å². The van der Waals surface area contributed by atoms with Crippen LogP contribution >= 0.6 is 0 Å². The van der Waals surface area contributed by atoms with Crippen LogP contribution in [0.15, 0.2) is 199 Å². The average molecular weight is 637 g/mol. The van der Waals surface area contributed by atoms with Gasteiger partial charge in [0.15, 0.2) is 0 Å². The molecule has 8 aromatic rings. The van der Waals surface area contributed by atoms with Crippen LogP contribution < -0.4 is 0 Å². The van der Waals surface area contributed by atoms with E-state index in [1.165, 1.54) is 27.1 Å². The van der Waals surface area contributed by atoms with Crippen LogP contribution in [-0.2, 0) is 0 Å². The summed E-state index contributed by atoms with van der Waals surface area (Å²) in [6, 6.07) is 59.7. The Bertz CT molecular complexity index is 2660. The van der Waals surface area contributed by atoms with E-state index in [2.05, 4.69) is 176 Å². The predicted molar refractivity (Wildman–Crippen MR) is 212 cm³/mol. The molecule has 0 fully saturated rings. The summed E-state index contributed by atoms with van der Waals surface area (Å²) < 4.78 is 0. The summed E-state index contributed by atoms with van der Waals surface area (Å²) in [5.74, 6) is 0. The first-order valence-corrected chi connectivity index (χ1v) is 16.9. The predicted octanol–water partition coefficient (Wildman–Crippen LogP) is 12.4. The Morgan fingerprint density at radius 2 is 1.06 bits per heavy atom. The van der Waals surface area contributed by atoms with Crippen molar-refractivity contribution in [3.8, 4) is 22.4 Å². The fraction of sp³-hybridized carbons (Fsp3) is 0.